The highest BCUT2D eigenvalue weighted by Gasteiger charge is 2.22. The second kappa shape index (κ2) is 6.40. The molecule has 0 aromatic heterocycles. The summed E-state index contributed by atoms with van der Waals surface area (Å²) >= 11 is 6.03. The van der Waals surface area contributed by atoms with Gasteiger partial charge in [-0.3, -0.25) is 4.79 Å². The molecule has 1 aromatic carbocycles. The Balaban J connectivity index is 1.89. The number of carbonyl (C=O) groups is 1. The first-order valence-electron chi connectivity index (χ1n) is 6.87. The number of rotatable bonds is 3. The molecule has 1 aliphatic heterocycles. The van der Waals surface area contributed by atoms with E-state index in [1.165, 1.54) is 0 Å². The number of nitrogens with one attached hydrogen (secondary N) is 1. The third-order valence-electron chi connectivity index (χ3n) is 3.71. The van der Waals surface area contributed by atoms with E-state index < -0.39 is 0 Å². The minimum atomic E-state index is -0.0615. The highest BCUT2D eigenvalue weighted by Crippen LogP contribution is 2.17. The van der Waals surface area contributed by atoms with Gasteiger partial charge in [0, 0.05) is 25.2 Å². The second-order valence-electron chi connectivity index (χ2n) is 5.36. The molecule has 1 fully saturated rings. The van der Waals surface area contributed by atoms with Gasteiger partial charge in [-0.25, -0.2) is 0 Å². The van der Waals surface area contributed by atoms with Crippen LogP contribution in [0.3, 0.4) is 0 Å². The molecule has 2 rings (SSSR count). The fraction of sp³-hybridized carbons (Fsp3) is 0.533. The van der Waals surface area contributed by atoms with Crippen molar-refractivity contribution in [3.8, 4) is 0 Å². The summed E-state index contributed by atoms with van der Waals surface area (Å²) in [6.45, 7) is 6.52. The molecule has 1 amide bonds. The number of piperidine rings is 1. The van der Waals surface area contributed by atoms with Crippen LogP contribution in [0.15, 0.2) is 24.3 Å². The maximum absolute atomic E-state index is 12.1. The molecule has 0 saturated carbocycles. The quantitative estimate of drug-likeness (QED) is 0.923. The van der Waals surface area contributed by atoms with Crippen molar-refractivity contribution >= 4 is 17.5 Å². The number of halogens is 1. The predicted molar refractivity (Wildman–Crippen MR) is 78.6 cm³/mol. The molecule has 3 nitrogen and oxygen atoms in total. The van der Waals surface area contributed by atoms with Gasteiger partial charge in [-0.2, -0.15) is 0 Å². The molecule has 0 atom stereocenters. The Labute approximate surface area is 119 Å². The lowest BCUT2D eigenvalue weighted by Crippen LogP contribution is -2.46. The topological polar surface area (TPSA) is 32.3 Å². The van der Waals surface area contributed by atoms with Crippen molar-refractivity contribution in [2.24, 2.45) is 0 Å². The first-order chi connectivity index (χ1) is 9.08. The molecule has 4 heteroatoms. The summed E-state index contributed by atoms with van der Waals surface area (Å²) in [6, 6.07) is 8.03. The molecule has 1 saturated heterocycles. The largest absolute Gasteiger partial charge is 0.349 e. The number of nitrogens with zero attached hydrogens (tertiary/aromatic N) is 1. The van der Waals surface area contributed by atoms with Gasteiger partial charge in [-0.05, 0) is 38.8 Å². The van der Waals surface area contributed by atoms with Gasteiger partial charge in [0.2, 0.25) is 0 Å². The summed E-state index contributed by atoms with van der Waals surface area (Å²) in [4.78, 5) is 14.6. The molecule has 19 heavy (non-hydrogen) atoms. The first kappa shape index (κ1) is 14.4. The van der Waals surface area contributed by atoms with E-state index >= 15 is 0 Å². The van der Waals surface area contributed by atoms with E-state index in [4.69, 9.17) is 11.6 Å². The SMILES string of the molecule is CC(C)N1CCC(NC(=O)c2ccccc2Cl)CC1. The zero-order valence-electron chi connectivity index (χ0n) is 11.5. The van der Waals surface area contributed by atoms with Gasteiger partial charge >= 0.3 is 0 Å². The van der Waals surface area contributed by atoms with Gasteiger partial charge in [0.15, 0.2) is 0 Å². The van der Waals surface area contributed by atoms with E-state index in [1.54, 1.807) is 12.1 Å². The molecule has 0 radical (unpaired) electrons. The summed E-state index contributed by atoms with van der Waals surface area (Å²) < 4.78 is 0. The average molecular weight is 281 g/mol. The number of likely N-dealkylation sites (tertiary alicyclic amines) is 1. The molecule has 0 unspecified atom stereocenters. The van der Waals surface area contributed by atoms with Crippen LogP contribution in [-0.2, 0) is 0 Å². The van der Waals surface area contributed by atoms with Crippen molar-refractivity contribution < 1.29 is 4.79 Å². The molecular weight excluding hydrogens is 260 g/mol. The van der Waals surface area contributed by atoms with Crippen LogP contribution >= 0.6 is 11.6 Å². The average Bonchev–Trinajstić information content (AvgIpc) is 2.39. The van der Waals surface area contributed by atoms with E-state index in [-0.39, 0.29) is 11.9 Å². The Bertz CT molecular complexity index is 440. The third kappa shape index (κ3) is 3.71. The van der Waals surface area contributed by atoms with Crippen LogP contribution < -0.4 is 5.32 Å². The normalized spacial score (nSPS) is 17.7. The maximum atomic E-state index is 12.1. The van der Waals surface area contributed by atoms with Crippen molar-refractivity contribution in [2.75, 3.05) is 13.1 Å². The van der Waals surface area contributed by atoms with E-state index in [2.05, 4.69) is 24.1 Å². The number of carbonyl (C=O) groups excluding carboxylic acids is 1. The van der Waals surface area contributed by atoms with Gasteiger partial charge in [-0.1, -0.05) is 23.7 Å². The highest BCUT2D eigenvalue weighted by atomic mass is 35.5. The van der Waals surface area contributed by atoms with Crippen LogP contribution in [0, 0.1) is 0 Å². The zero-order chi connectivity index (χ0) is 13.8. The van der Waals surface area contributed by atoms with Crippen LogP contribution in [0.1, 0.15) is 37.0 Å². The molecule has 1 aromatic rings. The fourth-order valence-electron chi connectivity index (χ4n) is 2.47. The lowest BCUT2D eigenvalue weighted by atomic mass is 10.0. The van der Waals surface area contributed by atoms with Crippen molar-refractivity contribution in [2.45, 2.75) is 38.8 Å². The van der Waals surface area contributed by atoms with Gasteiger partial charge in [0.25, 0.3) is 5.91 Å². The Kier molecular flexibility index (Phi) is 4.83. The molecule has 1 heterocycles. The van der Waals surface area contributed by atoms with E-state index in [1.807, 2.05) is 12.1 Å². The van der Waals surface area contributed by atoms with E-state index in [0.717, 1.165) is 25.9 Å². The van der Waals surface area contributed by atoms with Crippen LogP contribution in [0.5, 0.6) is 0 Å². The summed E-state index contributed by atoms with van der Waals surface area (Å²) in [5.74, 6) is -0.0615. The summed E-state index contributed by atoms with van der Waals surface area (Å²) in [7, 11) is 0. The molecule has 0 spiro atoms. The fourth-order valence-corrected chi connectivity index (χ4v) is 2.69. The van der Waals surface area contributed by atoms with Gasteiger partial charge in [0.05, 0.1) is 10.6 Å². The van der Waals surface area contributed by atoms with Crippen LogP contribution in [0.2, 0.25) is 5.02 Å². The number of amides is 1. The lowest BCUT2D eigenvalue weighted by Gasteiger charge is -2.34. The minimum Gasteiger partial charge on any atom is -0.349 e. The van der Waals surface area contributed by atoms with Crippen molar-refractivity contribution in [1.29, 1.82) is 0 Å². The molecule has 0 aliphatic carbocycles. The van der Waals surface area contributed by atoms with Crippen LogP contribution in [0.4, 0.5) is 0 Å². The van der Waals surface area contributed by atoms with E-state index in [9.17, 15) is 4.79 Å². The first-order valence-corrected chi connectivity index (χ1v) is 7.25. The Hall–Kier alpha value is -1.06. The van der Waals surface area contributed by atoms with Gasteiger partial charge in [-0.15, -0.1) is 0 Å². The predicted octanol–water partition coefficient (Wildman–Crippen LogP) is 2.94. The summed E-state index contributed by atoms with van der Waals surface area (Å²) in [6.07, 6.45) is 2.02. The lowest BCUT2D eigenvalue weighted by molar-refractivity contribution is 0.0901. The van der Waals surface area contributed by atoms with Gasteiger partial charge in [0.1, 0.15) is 0 Å². The zero-order valence-corrected chi connectivity index (χ0v) is 12.3. The minimum absolute atomic E-state index is 0.0615. The Morgan fingerprint density at radius 1 is 1.32 bits per heavy atom. The summed E-state index contributed by atoms with van der Waals surface area (Å²) in [5.41, 5.74) is 0.565. The number of benzene rings is 1. The van der Waals surface area contributed by atoms with E-state index in [0.29, 0.717) is 16.6 Å². The molecule has 1 N–H and O–H groups in total. The van der Waals surface area contributed by atoms with Crippen LogP contribution in [0.25, 0.3) is 0 Å². The van der Waals surface area contributed by atoms with Crippen molar-refractivity contribution in [3.63, 3.8) is 0 Å². The molecule has 104 valence electrons. The Morgan fingerprint density at radius 3 is 2.53 bits per heavy atom. The standard InChI is InChI=1S/C15H21ClN2O/c1-11(2)18-9-7-12(8-10-18)17-15(19)13-5-3-4-6-14(13)16/h3-6,11-12H,7-10H2,1-2H3,(H,17,19). The molecule has 0 bridgehead atoms. The van der Waals surface area contributed by atoms with Crippen molar-refractivity contribution in [3.05, 3.63) is 34.9 Å². The number of hydrogen-bond acceptors (Lipinski definition) is 2. The third-order valence-corrected chi connectivity index (χ3v) is 4.04. The monoisotopic (exact) mass is 280 g/mol. The van der Waals surface area contributed by atoms with Crippen molar-refractivity contribution in [1.82, 2.24) is 10.2 Å². The molecule has 1 aliphatic rings. The van der Waals surface area contributed by atoms with Crippen LogP contribution in [-0.4, -0.2) is 36.0 Å². The smallest absolute Gasteiger partial charge is 0.253 e. The highest BCUT2D eigenvalue weighted by molar-refractivity contribution is 6.33. The summed E-state index contributed by atoms with van der Waals surface area (Å²) in [5, 5.41) is 3.60. The number of hydrogen-bond donors (Lipinski definition) is 1. The Morgan fingerprint density at radius 2 is 1.95 bits per heavy atom. The maximum Gasteiger partial charge on any atom is 0.253 e. The van der Waals surface area contributed by atoms with Gasteiger partial charge < -0.3 is 10.2 Å². The molecular formula is C15H21ClN2O. The second-order valence-corrected chi connectivity index (χ2v) is 5.76.